The van der Waals surface area contributed by atoms with E-state index in [2.05, 4.69) is 35.9 Å². The minimum atomic E-state index is -0.215. The number of aromatic nitrogens is 5. The Kier molecular flexibility index (Phi) is 5.57. The van der Waals surface area contributed by atoms with E-state index in [0.717, 1.165) is 16.9 Å². The van der Waals surface area contributed by atoms with Gasteiger partial charge in [0.1, 0.15) is 35.1 Å². The Hall–Kier alpha value is -4.79. The second kappa shape index (κ2) is 8.99. The highest BCUT2D eigenvalue weighted by molar-refractivity contribution is 6.04. The van der Waals surface area contributed by atoms with Gasteiger partial charge in [-0.05, 0) is 67.9 Å². The second-order valence-corrected chi connectivity index (χ2v) is 7.76. The molecule has 0 radical (unpaired) electrons. The third-order valence-electron chi connectivity index (χ3n) is 5.17. The highest BCUT2D eigenvalue weighted by Crippen LogP contribution is 2.21. The first kappa shape index (κ1) is 21.1. The van der Waals surface area contributed by atoms with Gasteiger partial charge >= 0.3 is 0 Å². The monoisotopic (exact) mass is 450 g/mol. The Morgan fingerprint density at radius 2 is 1.56 bits per heavy atom. The molecule has 0 atom stereocenters. The lowest BCUT2D eigenvalue weighted by Crippen LogP contribution is -2.15. The minimum Gasteiger partial charge on any atom is -0.340 e. The van der Waals surface area contributed by atoms with Gasteiger partial charge in [0.2, 0.25) is 0 Å². The summed E-state index contributed by atoms with van der Waals surface area (Å²) in [5.74, 6) is 1.75. The van der Waals surface area contributed by atoms with Gasteiger partial charge in [-0.3, -0.25) is 9.20 Å². The van der Waals surface area contributed by atoms with Gasteiger partial charge < -0.3 is 16.0 Å². The van der Waals surface area contributed by atoms with Crippen molar-refractivity contribution in [2.75, 3.05) is 16.0 Å². The van der Waals surface area contributed by atoms with Crippen molar-refractivity contribution in [1.29, 1.82) is 0 Å². The van der Waals surface area contributed by atoms with E-state index in [-0.39, 0.29) is 5.91 Å². The Labute approximate surface area is 196 Å². The van der Waals surface area contributed by atoms with Gasteiger partial charge in [-0.2, -0.15) is 0 Å². The molecule has 5 rings (SSSR count). The van der Waals surface area contributed by atoms with Crippen LogP contribution in [0.15, 0.2) is 79.4 Å². The summed E-state index contributed by atoms with van der Waals surface area (Å²) in [5, 5.41) is 9.36. The second-order valence-electron chi connectivity index (χ2n) is 7.76. The molecule has 0 aliphatic rings. The Bertz CT molecular complexity index is 1480. The van der Waals surface area contributed by atoms with Gasteiger partial charge in [-0.1, -0.05) is 6.07 Å². The fourth-order valence-corrected chi connectivity index (χ4v) is 3.59. The van der Waals surface area contributed by atoms with Crippen LogP contribution in [0.3, 0.4) is 0 Å². The first-order chi connectivity index (χ1) is 16.5. The number of amides is 1. The van der Waals surface area contributed by atoms with Crippen molar-refractivity contribution in [2.45, 2.75) is 13.8 Å². The van der Waals surface area contributed by atoms with E-state index in [1.807, 2.05) is 74.6 Å². The predicted molar refractivity (Wildman–Crippen MR) is 132 cm³/mol. The Morgan fingerprint density at radius 3 is 2.35 bits per heavy atom. The van der Waals surface area contributed by atoms with Crippen LogP contribution in [-0.2, 0) is 0 Å². The van der Waals surface area contributed by atoms with Crippen LogP contribution < -0.4 is 16.0 Å². The predicted octanol–water partition coefficient (Wildman–Crippen LogP) is 4.88. The van der Waals surface area contributed by atoms with Gasteiger partial charge in [0, 0.05) is 29.8 Å². The van der Waals surface area contributed by atoms with E-state index in [1.54, 1.807) is 16.7 Å². The Balaban J connectivity index is 1.26. The van der Waals surface area contributed by atoms with Crippen LogP contribution in [0.1, 0.15) is 21.7 Å². The number of rotatable bonds is 6. The van der Waals surface area contributed by atoms with E-state index in [4.69, 9.17) is 0 Å². The summed E-state index contributed by atoms with van der Waals surface area (Å²) in [7, 11) is 0. The number of carbonyl (C=O) groups is 1. The topological polar surface area (TPSA) is 109 Å². The van der Waals surface area contributed by atoms with Crippen LogP contribution in [-0.4, -0.2) is 30.2 Å². The molecule has 0 unspecified atom stereocenters. The fraction of sp³-hybridized carbons (Fsp3) is 0.0800. The first-order valence-electron chi connectivity index (χ1n) is 10.7. The van der Waals surface area contributed by atoms with Crippen LogP contribution in [0.25, 0.3) is 5.65 Å². The molecule has 9 heteroatoms. The van der Waals surface area contributed by atoms with Crippen molar-refractivity contribution in [3.63, 3.8) is 0 Å². The van der Waals surface area contributed by atoms with Crippen LogP contribution in [0, 0.1) is 13.8 Å². The lowest BCUT2D eigenvalue weighted by molar-refractivity contribution is 0.102. The van der Waals surface area contributed by atoms with Crippen LogP contribution >= 0.6 is 0 Å². The molecule has 34 heavy (non-hydrogen) atoms. The number of nitrogens with zero attached hydrogens (tertiary/aromatic N) is 5. The van der Waals surface area contributed by atoms with E-state index >= 15 is 0 Å². The molecule has 0 aliphatic heterocycles. The highest BCUT2D eigenvalue weighted by Gasteiger charge is 2.16. The van der Waals surface area contributed by atoms with Gasteiger partial charge in [-0.15, -0.1) is 0 Å². The van der Waals surface area contributed by atoms with Crippen molar-refractivity contribution >= 4 is 40.4 Å². The van der Waals surface area contributed by atoms with Gasteiger partial charge in [-0.25, -0.2) is 19.9 Å². The smallest absolute Gasteiger partial charge is 0.274 e. The normalized spacial score (nSPS) is 10.8. The SMILES string of the molecule is Cc1ccnc(Nc2cc(Nc3ccc(NC(=O)c4c(C)nc5ccccn45)cc3)ncn2)c1. The maximum atomic E-state index is 12.9. The first-order valence-corrected chi connectivity index (χ1v) is 10.7. The summed E-state index contributed by atoms with van der Waals surface area (Å²) < 4.78 is 1.79. The quantitative estimate of drug-likeness (QED) is 0.338. The number of carbonyl (C=O) groups excluding carboxylic acids is 1. The summed E-state index contributed by atoms with van der Waals surface area (Å²) in [4.78, 5) is 30.1. The minimum absolute atomic E-state index is 0.215. The largest absolute Gasteiger partial charge is 0.340 e. The number of hydrogen-bond acceptors (Lipinski definition) is 7. The zero-order valence-corrected chi connectivity index (χ0v) is 18.6. The number of fused-ring (bicyclic) bond motifs is 1. The summed E-state index contributed by atoms with van der Waals surface area (Å²) in [5.41, 5.74) is 4.53. The van der Waals surface area contributed by atoms with E-state index < -0.39 is 0 Å². The van der Waals surface area contributed by atoms with Crippen LogP contribution in [0.4, 0.5) is 28.8 Å². The van der Waals surface area contributed by atoms with Crippen molar-refractivity contribution in [1.82, 2.24) is 24.3 Å². The average Bonchev–Trinajstić information content (AvgIpc) is 3.16. The third kappa shape index (κ3) is 4.53. The maximum absolute atomic E-state index is 12.9. The fourth-order valence-electron chi connectivity index (χ4n) is 3.59. The van der Waals surface area contributed by atoms with Gasteiger partial charge in [0.05, 0.1) is 5.69 Å². The molecule has 0 saturated heterocycles. The van der Waals surface area contributed by atoms with Gasteiger partial charge in [0.15, 0.2) is 0 Å². The molecule has 4 heterocycles. The lowest BCUT2D eigenvalue weighted by Gasteiger charge is -2.10. The van der Waals surface area contributed by atoms with E-state index in [1.165, 1.54) is 6.33 Å². The Morgan fingerprint density at radius 1 is 0.824 bits per heavy atom. The van der Waals surface area contributed by atoms with Crippen LogP contribution in [0.5, 0.6) is 0 Å². The molecule has 0 bridgehead atoms. The summed E-state index contributed by atoms with van der Waals surface area (Å²) in [6, 6.07) is 18.7. The molecule has 3 N–H and O–H groups in total. The molecule has 4 aromatic heterocycles. The molecule has 0 aliphatic carbocycles. The molecule has 0 spiro atoms. The van der Waals surface area contributed by atoms with Crippen molar-refractivity contribution in [3.8, 4) is 0 Å². The van der Waals surface area contributed by atoms with E-state index in [0.29, 0.717) is 34.5 Å². The lowest BCUT2D eigenvalue weighted by atomic mass is 10.2. The molecule has 1 aromatic carbocycles. The maximum Gasteiger partial charge on any atom is 0.274 e. The number of hydrogen-bond donors (Lipinski definition) is 3. The van der Waals surface area contributed by atoms with E-state index in [9.17, 15) is 4.79 Å². The molecule has 168 valence electrons. The molecular weight excluding hydrogens is 428 g/mol. The number of anilines is 5. The third-order valence-corrected chi connectivity index (χ3v) is 5.17. The van der Waals surface area contributed by atoms with Crippen molar-refractivity contribution in [3.05, 3.63) is 96.3 Å². The van der Waals surface area contributed by atoms with Crippen molar-refractivity contribution < 1.29 is 4.79 Å². The average molecular weight is 451 g/mol. The highest BCUT2D eigenvalue weighted by atomic mass is 16.2. The summed E-state index contributed by atoms with van der Waals surface area (Å²) in [6.07, 6.45) is 5.06. The van der Waals surface area contributed by atoms with Crippen molar-refractivity contribution in [2.24, 2.45) is 0 Å². The number of aryl methyl sites for hydroxylation is 2. The van der Waals surface area contributed by atoms with Crippen LogP contribution in [0.2, 0.25) is 0 Å². The molecule has 5 aromatic rings. The number of nitrogens with one attached hydrogen (secondary N) is 3. The molecule has 1 amide bonds. The molecule has 9 nitrogen and oxygen atoms in total. The summed E-state index contributed by atoms with van der Waals surface area (Å²) in [6.45, 7) is 3.83. The number of pyridine rings is 2. The summed E-state index contributed by atoms with van der Waals surface area (Å²) >= 11 is 0. The number of benzene rings is 1. The standard InChI is InChI=1S/C25H22N8O/c1-16-10-11-26-20(13-16)32-22-14-21(27-15-28-22)30-18-6-8-19(9-7-18)31-25(34)24-17(2)29-23-5-3-4-12-33(23)24/h3-15H,1-2H3,(H,31,34)(H2,26,27,28,30,32). The zero-order valence-electron chi connectivity index (χ0n) is 18.6. The molecule has 0 fully saturated rings. The van der Waals surface area contributed by atoms with Gasteiger partial charge in [0.25, 0.3) is 5.91 Å². The zero-order chi connectivity index (χ0) is 23.5. The molecule has 0 saturated carbocycles. The molecular formula is C25H22N8O. The number of imidazole rings is 1.